The van der Waals surface area contributed by atoms with Crippen LogP contribution in [0.3, 0.4) is 0 Å². The molecule has 2 heterocycles. The number of nitrogens with zero attached hydrogens (tertiary/aromatic N) is 3. The molecule has 1 aromatic heterocycles. The van der Waals surface area contributed by atoms with Crippen LogP contribution in [0.2, 0.25) is 0 Å². The van der Waals surface area contributed by atoms with Crippen molar-refractivity contribution in [1.29, 1.82) is 0 Å². The van der Waals surface area contributed by atoms with Crippen molar-refractivity contribution in [2.24, 2.45) is 0 Å². The van der Waals surface area contributed by atoms with E-state index in [-0.39, 0.29) is 5.91 Å². The van der Waals surface area contributed by atoms with Gasteiger partial charge in [0.15, 0.2) is 0 Å². The molecule has 1 aliphatic rings. The average Bonchev–Trinajstić information content (AvgIpc) is 2.56. The van der Waals surface area contributed by atoms with Gasteiger partial charge in [-0.1, -0.05) is 0 Å². The van der Waals surface area contributed by atoms with E-state index in [1.807, 2.05) is 0 Å². The SMILES string of the molecule is COc1ncccc1C(=O)NCCCCN1CCN(C)CC1. The Labute approximate surface area is 132 Å². The number of carbonyl (C=O) groups excluding carboxylic acids is 1. The summed E-state index contributed by atoms with van der Waals surface area (Å²) in [4.78, 5) is 21.0. The fourth-order valence-electron chi connectivity index (χ4n) is 2.56. The molecule has 0 spiro atoms. The predicted octanol–water partition coefficient (Wildman–Crippen LogP) is 0.848. The summed E-state index contributed by atoms with van der Waals surface area (Å²) >= 11 is 0. The Morgan fingerprint density at radius 2 is 2.09 bits per heavy atom. The molecule has 1 saturated heterocycles. The molecule has 1 aromatic rings. The van der Waals surface area contributed by atoms with Crippen molar-refractivity contribution >= 4 is 5.91 Å². The number of rotatable bonds is 7. The fourth-order valence-corrected chi connectivity index (χ4v) is 2.56. The van der Waals surface area contributed by atoms with E-state index in [0.29, 0.717) is 18.0 Å². The first-order chi connectivity index (χ1) is 10.7. The normalized spacial score (nSPS) is 16.5. The number of amides is 1. The fraction of sp³-hybridized carbons (Fsp3) is 0.625. The zero-order valence-electron chi connectivity index (χ0n) is 13.5. The van der Waals surface area contributed by atoms with Gasteiger partial charge in [0.05, 0.1) is 7.11 Å². The maximum absolute atomic E-state index is 12.1. The predicted molar refractivity (Wildman–Crippen MR) is 86.3 cm³/mol. The van der Waals surface area contributed by atoms with Crippen molar-refractivity contribution in [2.75, 3.05) is 53.4 Å². The Kier molecular flexibility index (Phi) is 6.61. The Morgan fingerprint density at radius 3 is 2.82 bits per heavy atom. The molecule has 1 N–H and O–H groups in total. The van der Waals surface area contributed by atoms with Crippen LogP contribution in [-0.4, -0.2) is 74.1 Å². The van der Waals surface area contributed by atoms with Gasteiger partial charge in [0.2, 0.25) is 5.88 Å². The summed E-state index contributed by atoms with van der Waals surface area (Å²) in [5, 5.41) is 2.93. The summed E-state index contributed by atoms with van der Waals surface area (Å²) in [5.74, 6) is 0.252. The average molecular weight is 306 g/mol. The molecule has 0 unspecified atom stereocenters. The molecule has 6 nitrogen and oxygen atoms in total. The summed E-state index contributed by atoms with van der Waals surface area (Å²) < 4.78 is 5.10. The number of carbonyl (C=O) groups is 1. The summed E-state index contributed by atoms with van der Waals surface area (Å²) in [6.07, 6.45) is 3.71. The molecule has 0 saturated carbocycles. The molecule has 1 amide bonds. The standard InChI is InChI=1S/C16H26N4O2/c1-19-10-12-20(13-11-19)9-4-3-7-17-15(21)14-6-5-8-18-16(14)22-2/h5-6,8H,3-4,7,9-13H2,1-2H3,(H,17,21). The number of unbranched alkanes of at least 4 members (excludes halogenated alkanes) is 1. The lowest BCUT2D eigenvalue weighted by molar-refractivity contribution is 0.0948. The summed E-state index contributed by atoms with van der Waals surface area (Å²) in [6.45, 7) is 6.39. The van der Waals surface area contributed by atoms with Gasteiger partial charge in [0.25, 0.3) is 5.91 Å². The van der Waals surface area contributed by atoms with Gasteiger partial charge >= 0.3 is 0 Å². The molecule has 6 heteroatoms. The minimum absolute atomic E-state index is 0.121. The molecule has 0 aromatic carbocycles. The van der Waals surface area contributed by atoms with Crippen molar-refractivity contribution in [2.45, 2.75) is 12.8 Å². The van der Waals surface area contributed by atoms with Crippen LogP contribution in [0.1, 0.15) is 23.2 Å². The highest BCUT2D eigenvalue weighted by Gasteiger charge is 2.14. The summed E-state index contributed by atoms with van der Waals surface area (Å²) in [7, 11) is 3.69. The number of ether oxygens (including phenoxy) is 1. The van der Waals surface area contributed by atoms with Crippen LogP contribution >= 0.6 is 0 Å². The Morgan fingerprint density at radius 1 is 1.32 bits per heavy atom. The van der Waals surface area contributed by atoms with Crippen LogP contribution in [0, 0.1) is 0 Å². The zero-order valence-corrected chi connectivity index (χ0v) is 13.5. The van der Waals surface area contributed by atoms with Gasteiger partial charge in [-0.2, -0.15) is 0 Å². The van der Waals surface area contributed by atoms with Gasteiger partial charge in [0, 0.05) is 38.9 Å². The third-order valence-corrected chi connectivity index (χ3v) is 3.99. The van der Waals surface area contributed by atoms with Crippen molar-refractivity contribution in [3.05, 3.63) is 23.9 Å². The second-order valence-corrected chi connectivity index (χ2v) is 5.67. The second-order valence-electron chi connectivity index (χ2n) is 5.67. The van der Waals surface area contributed by atoms with E-state index in [1.54, 1.807) is 18.3 Å². The monoisotopic (exact) mass is 306 g/mol. The molecule has 1 aliphatic heterocycles. The van der Waals surface area contributed by atoms with Crippen molar-refractivity contribution in [3.8, 4) is 5.88 Å². The number of hydrogen-bond donors (Lipinski definition) is 1. The number of likely N-dealkylation sites (N-methyl/N-ethyl adjacent to an activating group) is 1. The van der Waals surface area contributed by atoms with Gasteiger partial charge in [-0.05, 0) is 38.6 Å². The lowest BCUT2D eigenvalue weighted by atomic mass is 10.2. The first-order valence-corrected chi connectivity index (χ1v) is 7.89. The molecule has 2 rings (SSSR count). The molecule has 0 atom stereocenters. The Balaban J connectivity index is 1.63. The molecule has 0 aliphatic carbocycles. The second kappa shape index (κ2) is 8.70. The maximum atomic E-state index is 12.1. The van der Waals surface area contributed by atoms with E-state index < -0.39 is 0 Å². The first kappa shape index (κ1) is 16.7. The number of hydrogen-bond acceptors (Lipinski definition) is 5. The van der Waals surface area contributed by atoms with Crippen LogP contribution in [0.4, 0.5) is 0 Å². The van der Waals surface area contributed by atoms with Gasteiger partial charge in [-0.25, -0.2) is 4.98 Å². The van der Waals surface area contributed by atoms with E-state index in [4.69, 9.17) is 4.74 Å². The van der Waals surface area contributed by atoms with Crippen LogP contribution in [0.5, 0.6) is 5.88 Å². The molecule has 0 bridgehead atoms. The number of methoxy groups -OCH3 is 1. The van der Waals surface area contributed by atoms with Crippen LogP contribution < -0.4 is 10.1 Å². The number of pyridine rings is 1. The van der Waals surface area contributed by atoms with Crippen molar-refractivity contribution in [3.63, 3.8) is 0 Å². The van der Waals surface area contributed by atoms with Crippen LogP contribution in [0.15, 0.2) is 18.3 Å². The highest BCUT2D eigenvalue weighted by atomic mass is 16.5. The molecular weight excluding hydrogens is 280 g/mol. The molecule has 1 fully saturated rings. The minimum Gasteiger partial charge on any atom is -0.480 e. The zero-order chi connectivity index (χ0) is 15.8. The third-order valence-electron chi connectivity index (χ3n) is 3.99. The smallest absolute Gasteiger partial charge is 0.256 e. The highest BCUT2D eigenvalue weighted by Crippen LogP contribution is 2.13. The minimum atomic E-state index is -0.121. The lowest BCUT2D eigenvalue weighted by Gasteiger charge is -2.32. The summed E-state index contributed by atoms with van der Waals surface area (Å²) in [5.41, 5.74) is 0.490. The molecule has 122 valence electrons. The first-order valence-electron chi connectivity index (χ1n) is 7.89. The lowest BCUT2D eigenvalue weighted by Crippen LogP contribution is -2.44. The largest absolute Gasteiger partial charge is 0.480 e. The topological polar surface area (TPSA) is 57.7 Å². The molecular formula is C16H26N4O2. The van der Waals surface area contributed by atoms with E-state index in [1.165, 1.54) is 7.11 Å². The quantitative estimate of drug-likeness (QED) is 0.757. The highest BCUT2D eigenvalue weighted by molar-refractivity contribution is 5.96. The van der Waals surface area contributed by atoms with Gasteiger partial charge in [0.1, 0.15) is 5.56 Å². The van der Waals surface area contributed by atoms with Crippen molar-refractivity contribution < 1.29 is 9.53 Å². The Bertz CT molecular complexity index is 473. The number of nitrogens with one attached hydrogen (secondary N) is 1. The van der Waals surface area contributed by atoms with E-state index >= 15 is 0 Å². The van der Waals surface area contributed by atoms with Crippen molar-refractivity contribution in [1.82, 2.24) is 20.1 Å². The molecule has 22 heavy (non-hydrogen) atoms. The maximum Gasteiger partial charge on any atom is 0.256 e. The number of aromatic nitrogens is 1. The molecule has 0 radical (unpaired) electrons. The summed E-state index contributed by atoms with van der Waals surface area (Å²) in [6, 6.07) is 3.47. The van der Waals surface area contributed by atoms with Crippen LogP contribution in [-0.2, 0) is 0 Å². The van der Waals surface area contributed by atoms with E-state index in [2.05, 4.69) is 27.1 Å². The van der Waals surface area contributed by atoms with Gasteiger partial charge in [-0.15, -0.1) is 0 Å². The third kappa shape index (κ3) is 4.96. The van der Waals surface area contributed by atoms with E-state index in [0.717, 1.165) is 45.6 Å². The Hall–Kier alpha value is -1.66. The van der Waals surface area contributed by atoms with Crippen LogP contribution in [0.25, 0.3) is 0 Å². The number of piperazine rings is 1. The van der Waals surface area contributed by atoms with E-state index in [9.17, 15) is 4.79 Å². The van der Waals surface area contributed by atoms with Gasteiger partial charge < -0.3 is 19.9 Å². The van der Waals surface area contributed by atoms with Gasteiger partial charge in [-0.3, -0.25) is 4.79 Å².